The Morgan fingerprint density at radius 2 is 1.63 bits per heavy atom. The first-order valence-electron chi connectivity index (χ1n) is 11.3. The molecule has 0 aliphatic rings. The van der Waals surface area contributed by atoms with Crippen molar-refractivity contribution >= 4 is 27.5 Å². The highest BCUT2D eigenvalue weighted by Gasteiger charge is 2.29. The van der Waals surface area contributed by atoms with Crippen LogP contribution in [0.2, 0.25) is 0 Å². The van der Waals surface area contributed by atoms with Gasteiger partial charge in [0, 0.05) is 25.0 Å². The number of anilines is 1. The maximum Gasteiger partial charge on any atom is 0.242 e. The molecule has 0 saturated heterocycles. The third-order valence-electron chi connectivity index (χ3n) is 5.20. The van der Waals surface area contributed by atoms with Gasteiger partial charge in [-0.2, -0.15) is 0 Å². The number of halogens is 2. The van der Waals surface area contributed by atoms with E-state index in [1.807, 2.05) is 20.8 Å². The number of hydrogen-bond acceptors (Lipinski definition) is 4. The average Bonchev–Trinajstić information content (AvgIpc) is 2.74. The Kier molecular flexibility index (Phi) is 9.37. The van der Waals surface area contributed by atoms with Crippen LogP contribution < -0.4 is 9.62 Å². The lowest BCUT2D eigenvalue weighted by atomic mass is 10.1. The molecule has 0 bridgehead atoms. The van der Waals surface area contributed by atoms with Crippen LogP contribution in [-0.2, 0) is 26.2 Å². The standard InChI is InChI=1S/C25H33F2N3O4S/c1-18(24(32)28-25(2,3)4)29(17-19-12-14-20(26)15-13-19)23(31)11-8-16-30(35(5,33)34)22-10-7-6-9-21(22)27/h6-7,9-10,12-15,18H,8,11,16-17H2,1-5H3,(H,28,32)/t18-/m0/s1. The van der Waals surface area contributed by atoms with Crippen molar-refractivity contribution in [3.8, 4) is 0 Å². The molecule has 2 aromatic rings. The summed E-state index contributed by atoms with van der Waals surface area (Å²) in [6.07, 6.45) is 1.00. The third-order valence-corrected chi connectivity index (χ3v) is 6.38. The van der Waals surface area contributed by atoms with E-state index in [2.05, 4.69) is 5.32 Å². The third kappa shape index (κ3) is 8.61. The van der Waals surface area contributed by atoms with Gasteiger partial charge in [0.1, 0.15) is 17.7 Å². The summed E-state index contributed by atoms with van der Waals surface area (Å²) in [5, 5.41) is 2.85. The number of carbonyl (C=O) groups excluding carboxylic acids is 2. The molecule has 35 heavy (non-hydrogen) atoms. The molecule has 0 fully saturated rings. The number of carbonyl (C=O) groups is 2. The number of hydrogen-bond donors (Lipinski definition) is 1. The van der Waals surface area contributed by atoms with E-state index in [0.29, 0.717) is 5.56 Å². The summed E-state index contributed by atoms with van der Waals surface area (Å²) in [5.41, 5.74) is 0.0360. The van der Waals surface area contributed by atoms with Crippen molar-refractivity contribution in [3.63, 3.8) is 0 Å². The summed E-state index contributed by atoms with van der Waals surface area (Å²) in [5.74, 6) is -1.83. The van der Waals surface area contributed by atoms with Gasteiger partial charge in [-0.15, -0.1) is 0 Å². The largest absolute Gasteiger partial charge is 0.350 e. The van der Waals surface area contributed by atoms with Gasteiger partial charge in [-0.05, 0) is 63.9 Å². The van der Waals surface area contributed by atoms with Crippen LogP contribution in [0.1, 0.15) is 46.1 Å². The Hall–Kier alpha value is -3.01. The van der Waals surface area contributed by atoms with Gasteiger partial charge in [-0.25, -0.2) is 17.2 Å². The van der Waals surface area contributed by atoms with E-state index in [0.717, 1.165) is 10.6 Å². The minimum atomic E-state index is -3.79. The monoisotopic (exact) mass is 509 g/mol. The normalized spacial score (nSPS) is 12.7. The van der Waals surface area contributed by atoms with E-state index >= 15 is 0 Å². The molecule has 2 amide bonds. The van der Waals surface area contributed by atoms with Crippen LogP contribution >= 0.6 is 0 Å². The van der Waals surface area contributed by atoms with Gasteiger partial charge in [0.15, 0.2) is 0 Å². The quantitative estimate of drug-likeness (QED) is 0.527. The fourth-order valence-electron chi connectivity index (χ4n) is 3.48. The number of benzene rings is 2. The zero-order valence-electron chi connectivity index (χ0n) is 20.7. The Morgan fingerprint density at radius 1 is 1.03 bits per heavy atom. The predicted molar refractivity (Wildman–Crippen MR) is 132 cm³/mol. The van der Waals surface area contributed by atoms with Crippen molar-refractivity contribution in [2.75, 3.05) is 17.1 Å². The highest BCUT2D eigenvalue weighted by Crippen LogP contribution is 2.22. The molecule has 0 spiro atoms. The summed E-state index contributed by atoms with van der Waals surface area (Å²) in [4.78, 5) is 27.4. The second-order valence-corrected chi connectivity index (χ2v) is 11.4. The summed E-state index contributed by atoms with van der Waals surface area (Å²) >= 11 is 0. The SMILES string of the molecule is C[C@@H](C(=O)NC(C)(C)C)N(Cc1ccc(F)cc1)C(=O)CCCN(c1ccccc1F)S(C)(=O)=O. The molecule has 192 valence electrons. The molecule has 0 radical (unpaired) electrons. The van der Waals surface area contributed by atoms with Crippen LogP contribution in [0.3, 0.4) is 0 Å². The highest BCUT2D eigenvalue weighted by atomic mass is 32.2. The zero-order valence-corrected chi connectivity index (χ0v) is 21.5. The molecule has 1 atom stereocenters. The van der Waals surface area contributed by atoms with E-state index in [-0.39, 0.29) is 43.4 Å². The van der Waals surface area contributed by atoms with Gasteiger partial charge in [0.05, 0.1) is 11.9 Å². The van der Waals surface area contributed by atoms with Crippen LogP contribution in [0.25, 0.3) is 0 Å². The minimum absolute atomic E-state index is 0.0704. The van der Waals surface area contributed by atoms with Crippen molar-refractivity contribution in [1.82, 2.24) is 10.2 Å². The molecule has 0 heterocycles. The van der Waals surface area contributed by atoms with Crippen molar-refractivity contribution in [3.05, 3.63) is 65.7 Å². The van der Waals surface area contributed by atoms with Gasteiger partial charge >= 0.3 is 0 Å². The fourth-order valence-corrected chi connectivity index (χ4v) is 4.45. The van der Waals surface area contributed by atoms with E-state index in [1.165, 1.54) is 53.4 Å². The number of sulfonamides is 1. The summed E-state index contributed by atoms with van der Waals surface area (Å²) in [6, 6.07) is 10.3. The van der Waals surface area contributed by atoms with Crippen molar-refractivity contribution < 1.29 is 26.8 Å². The molecule has 0 aliphatic carbocycles. The van der Waals surface area contributed by atoms with Crippen LogP contribution in [0.15, 0.2) is 48.5 Å². The van der Waals surface area contributed by atoms with E-state index in [1.54, 1.807) is 6.92 Å². The number of nitrogens with one attached hydrogen (secondary N) is 1. The second-order valence-electron chi connectivity index (χ2n) is 9.45. The average molecular weight is 510 g/mol. The van der Waals surface area contributed by atoms with Gasteiger partial charge in [-0.1, -0.05) is 24.3 Å². The smallest absolute Gasteiger partial charge is 0.242 e. The number of rotatable bonds is 10. The molecule has 2 rings (SSSR count). The van der Waals surface area contributed by atoms with Gasteiger partial charge in [-0.3, -0.25) is 13.9 Å². The topological polar surface area (TPSA) is 86.8 Å². The van der Waals surface area contributed by atoms with Crippen molar-refractivity contribution in [1.29, 1.82) is 0 Å². The number of nitrogens with zero attached hydrogens (tertiary/aromatic N) is 2. The first-order chi connectivity index (χ1) is 16.2. The molecule has 0 unspecified atom stereocenters. The Labute approximate surface area is 206 Å². The summed E-state index contributed by atoms with van der Waals surface area (Å²) < 4.78 is 53.0. The van der Waals surface area contributed by atoms with E-state index in [4.69, 9.17) is 0 Å². The lowest BCUT2D eigenvalue weighted by molar-refractivity contribution is -0.141. The molecule has 1 N–H and O–H groups in total. The zero-order chi connectivity index (χ0) is 26.4. The number of amides is 2. The van der Waals surface area contributed by atoms with Crippen LogP contribution in [0.4, 0.5) is 14.5 Å². The Morgan fingerprint density at radius 3 is 2.17 bits per heavy atom. The lowest BCUT2D eigenvalue weighted by Crippen LogP contribution is -2.52. The molecule has 2 aromatic carbocycles. The first kappa shape index (κ1) is 28.2. The molecular weight excluding hydrogens is 476 g/mol. The highest BCUT2D eigenvalue weighted by molar-refractivity contribution is 7.92. The van der Waals surface area contributed by atoms with Crippen LogP contribution in [-0.4, -0.2) is 49.5 Å². The van der Waals surface area contributed by atoms with Gasteiger partial charge < -0.3 is 10.2 Å². The number of para-hydroxylation sites is 1. The van der Waals surface area contributed by atoms with E-state index in [9.17, 15) is 26.8 Å². The molecular formula is C25H33F2N3O4S. The second kappa shape index (κ2) is 11.6. The molecule has 0 aromatic heterocycles. The fraction of sp³-hybridized carbons (Fsp3) is 0.440. The molecule has 0 saturated carbocycles. The maximum absolute atomic E-state index is 14.2. The lowest BCUT2D eigenvalue weighted by Gasteiger charge is -2.32. The minimum Gasteiger partial charge on any atom is -0.350 e. The Balaban J connectivity index is 2.19. The molecule has 7 nitrogen and oxygen atoms in total. The van der Waals surface area contributed by atoms with Crippen molar-refractivity contribution in [2.24, 2.45) is 0 Å². The Bertz CT molecular complexity index is 1130. The maximum atomic E-state index is 14.2. The van der Waals surface area contributed by atoms with Gasteiger partial charge in [0.25, 0.3) is 0 Å². The van der Waals surface area contributed by atoms with Gasteiger partial charge in [0.2, 0.25) is 21.8 Å². The molecule has 10 heteroatoms. The summed E-state index contributed by atoms with van der Waals surface area (Å²) in [7, 11) is -3.79. The predicted octanol–water partition coefficient (Wildman–Crippen LogP) is 3.84. The van der Waals surface area contributed by atoms with Crippen LogP contribution in [0.5, 0.6) is 0 Å². The summed E-state index contributed by atoms with van der Waals surface area (Å²) in [6.45, 7) is 7.04. The van der Waals surface area contributed by atoms with Crippen LogP contribution in [0, 0.1) is 11.6 Å². The first-order valence-corrected chi connectivity index (χ1v) is 13.1. The molecule has 0 aliphatic heterocycles. The van der Waals surface area contributed by atoms with Crippen molar-refractivity contribution in [2.45, 2.75) is 58.7 Å². The van der Waals surface area contributed by atoms with E-state index < -0.39 is 33.2 Å².